The van der Waals surface area contributed by atoms with Crippen LogP contribution in [0, 0.1) is 5.92 Å². The van der Waals surface area contributed by atoms with E-state index in [0.29, 0.717) is 26.2 Å². The van der Waals surface area contributed by atoms with Gasteiger partial charge in [-0.05, 0) is 38.5 Å². The van der Waals surface area contributed by atoms with Gasteiger partial charge >= 0.3 is 6.09 Å². The lowest BCUT2D eigenvalue weighted by molar-refractivity contribution is -0.244. The van der Waals surface area contributed by atoms with Gasteiger partial charge in [-0.1, -0.05) is 48.5 Å². The highest BCUT2D eigenvalue weighted by molar-refractivity contribution is 6.14. The Balaban J connectivity index is 1.51. The minimum Gasteiger partial charge on any atom is -0.445 e. The number of ether oxygens (including phenoxy) is 1. The second kappa shape index (κ2) is 11.1. The first-order valence-corrected chi connectivity index (χ1v) is 12.3. The molecule has 1 heterocycles. The summed E-state index contributed by atoms with van der Waals surface area (Å²) in [5, 5.41) is 3.57. The standard InChI is InChI=1S/C27H34N4O5/c1-27(2,3)36-29-14-15-30(26(34)35-19-20-10-6-4-7-11-20)22(17-29)18-31(21-12-8-5-9-13-21)28-25(33)23-16-24(23)32/h4-13,22-23H,14-19H2,1-3H3,(H,28,33). The van der Waals surface area contributed by atoms with Gasteiger partial charge in [-0.25, -0.2) is 4.79 Å². The smallest absolute Gasteiger partial charge is 0.410 e. The lowest BCUT2D eigenvalue weighted by Gasteiger charge is -2.43. The molecule has 9 heteroatoms. The molecule has 0 bridgehead atoms. The summed E-state index contributed by atoms with van der Waals surface area (Å²) in [5.41, 5.74) is 4.16. The SMILES string of the molecule is CC(C)(C)ON1CCN(C(=O)OCc2ccccc2)C(CN(NC(=O)C2CC2=O)c2ccccc2)C1. The Kier molecular flexibility index (Phi) is 7.91. The third-order valence-corrected chi connectivity index (χ3v) is 5.94. The van der Waals surface area contributed by atoms with Crippen molar-refractivity contribution in [2.24, 2.45) is 5.92 Å². The van der Waals surface area contributed by atoms with Crippen LogP contribution in [0.4, 0.5) is 10.5 Å². The Bertz CT molecular complexity index is 1060. The van der Waals surface area contributed by atoms with Crippen LogP contribution in [0.5, 0.6) is 0 Å². The molecule has 0 spiro atoms. The molecule has 1 saturated heterocycles. The molecule has 2 atom stereocenters. The van der Waals surface area contributed by atoms with Gasteiger partial charge in [-0.3, -0.25) is 24.9 Å². The van der Waals surface area contributed by atoms with Gasteiger partial charge in [-0.15, -0.1) is 0 Å². The number of hydrogen-bond donors (Lipinski definition) is 1. The lowest BCUT2D eigenvalue weighted by atomic mass is 10.1. The summed E-state index contributed by atoms with van der Waals surface area (Å²) in [6, 6.07) is 18.6. The quantitative estimate of drug-likeness (QED) is 0.445. The Morgan fingerprint density at radius 2 is 1.67 bits per heavy atom. The van der Waals surface area contributed by atoms with Gasteiger partial charge in [0.1, 0.15) is 18.3 Å². The third kappa shape index (κ3) is 7.05. The van der Waals surface area contributed by atoms with Gasteiger partial charge in [0.15, 0.2) is 0 Å². The number of hydrogen-bond acceptors (Lipinski definition) is 7. The van der Waals surface area contributed by atoms with Crippen molar-refractivity contribution in [2.75, 3.05) is 31.2 Å². The fourth-order valence-electron chi connectivity index (χ4n) is 4.12. The van der Waals surface area contributed by atoms with E-state index >= 15 is 0 Å². The van der Waals surface area contributed by atoms with Crippen molar-refractivity contribution in [3.8, 4) is 0 Å². The van der Waals surface area contributed by atoms with E-state index in [1.165, 1.54) is 0 Å². The third-order valence-electron chi connectivity index (χ3n) is 5.94. The lowest BCUT2D eigenvalue weighted by Crippen LogP contribution is -2.61. The second-order valence-electron chi connectivity index (χ2n) is 10.1. The number of carbonyl (C=O) groups is 3. The first kappa shape index (κ1) is 25.7. The van der Waals surface area contributed by atoms with Crippen molar-refractivity contribution in [1.82, 2.24) is 15.4 Å². The highest BCUT2D eigenvalue weighted by Crippen LogP contribution is 2.25. The Morgan fingerprint density at radius 3 is 2.28 bits per heavy atom. The minimum atomic E-state index is -0.602. The number of hydroxylamine groups is 2. The average Bonchev–Trinajstić information content (AvgIpc) is 3.59. The van der Waals surface area contributed by atoms with Crippen LogP contribution >= 0.6 is 0 Å². The number of rotatable bonds is 8. The Morgan fingerprint density at radius 1 is 1.03 bits per heavy atom. The summed E-state index contributed by atoms with van der Waals surface area (Å²) in [4.78, 5) is 45.2. The number of nitrogens with one attached hydrogen (secondary N) is 1. The maximum atomic E-state index is 13.2. The number of amides is 2. The molecule has 1 N–H and O–H groups in total. The maximum Gasteiger partial charge on any atom is 0.410 e. The zero-order chi connectivity index (χ0) is 25.7. The topological polar surface area (TPSA) is 91.4 Å². The zero-order valence-electron chi connectivity index (χ0n) is 21.1. The van der Waals surface area contributed by atoms with Crippen molar-refractivity contribution in [2.45, 2.75) is 45.4 Å². The van der Waals surface area contributed by atoms with E-state index in [1.54, 1.807) is 9.91 Å². The number of piperazine rings is 1. The predicted octanol–water partition coefficient (Wildman–Crippen LogP) is 3.17. The molecule has 0 radical (unpaired) electrons. The molecule has 4 rings (SSSR count). The van der Waals surface area contributed by atoms with Crippen LogP contribution in [-0.2, 0) is 25.8 Å². The molecule has 2 unspecified atom stereocenters. The molecule has 2 aromatic rings. The van der Waals surface area contributed by atoms with Crippen molar-refractivity contribution < 1.29 is 24.0 Å². The van der Waals surface area contributed by atoms with Crippen LogP contribution in [0.15, 0.2) is 60.7 Å². The molecule has 1 aliphatic heterocycles. The zero-order valence-corrected chi connectivity index (χ0v) is 21.1. The summed E-state index contributed by atoms with van der Waals surface area (Å²) < 4.78 is 5.64. The van der Waals surface area contributed by atoms with Gasteiger partial charge in [0.2, 0.25) is 5.91 Å². The summed E-state index contributed by atoms with van der Waals surface area (Å²) >= 11 is 0. The minimum absolute atomic E-state index is 0.0611. The van der Waals surface area contributed by atoms with E-state index in [2.05, 4.69) is 5.43 Å². The molecule has 2 fully saturated rings. The molecular weight excluding hydrogens is 460 g/mol. The van der Waals surface area contributed by atoms with E-state index in [9.17, 15) is 14.4 Å². The molecular formula is C27H34N4O5. The summed E-state index contributed by atoms with van der Waals surface area (Å²) in [5.74, 6) is -0.995. The molecule has 2 amide bonds. The predicted molar refractivity (Wildman–Crippen MR) is 135 cm³/mol. The van der Waals surface area contributed by atoms with Crippen LogP contribution in [0.1, 0.15) is 32.8 Å². The number of para-hydroxylation sites is 1. The second-order valence-corrected chi connectivity index (χ2v) is 10.1. The van der Waals surface area contributed by atoms with Gasteiger partial charge < -0.3 is 9.64 Å². The first-order valence-electron chi connectivity index (χ1n) is 12.3. The van der Waals surface area contributed by atoms with E-state index in [4.69, 9.17) is 9.57 Å². The number of nitrogens with zero attached hydrogens (tertiary/aromatic N) is 3. The normalized spacial score (nSPS) is 20.1. The molecule has 192 valence electrons. The van der Waals surface area contributed by atoms with Crippen LogP contribution < -0.4 is 10.4 Å². The Labute approximate surface area is 211 Å². The highest BCUT2D eigenvalue weighted by Gasteiger charge is 2.42. The van der Waals surface area contributed by atoms with Crippen molar-refractivity contribution in [3.63, 3.8) is 0 Å². The fourth-order valence-corrected chi connectivity index (χ4v) is 4.12. The average molecular weight is 495 g/mol. The van der Waals surface area contributed by atoms with E-state index < -0.39 is 12.0 Å². The molecule has 9 nitrogen and oxygen atoms in total. The van der Waals surface area contributed by atoms with E-state index in [1.807, 2.05) is 86.5 Å². The molecule has 2 aromatic carbocycles. The molecule has 2 aliphatic rings. The maximum absolute atomic E-state index is 13.2. The number of carbonyl (C=O) groups excluding carboxylic acids is 3. The largest absolute Gasteiger partial charge is 0.445 e. The number of hydrazine groups is 1. The van der Waals surface area contributed by atoms with Crippen LogP contribution in [0.2, 0.25) is 0 Å². The monoisotopic (exact) mass is 494 g/mol. The van der Waals surface area contributed by atoms with Crippen molar-refractivity contribution in [3.05, 3.63) is 66.2 Å². The molecule has 0 aromatic heterocycles. The van der Waals surface area contributed by atoms with Crippen LogP contribution in [0.25, 0.3) is 0 Å². The fraction of sp³-hybridized carbons (Fsp3) is 0.444. The van der Waals surface area contributed by atoms with Gasteiger partial charge in [0.05, 0.1) is 23.9 Å². The number of ketones is 1. The highest BCUT2D eigenvalue weighted by atomic mass is 16.7. The van der Waals surface area contributed by atoms with E-state index in [0.717, 1.165) is 11.3 Å². The first-order chi connectivity index (χ1) is 17.2. The molecule has 1 saturated carbocycles. The van der Waals surface area contributed by atoms with Gasteiger partial charge in [0, 0.05) is 26.1 Å². The number of benzene rings is 2. The van der Waals surface area contributed by atoms with Crippen molar-refractivity contribution >= 4 is 23.5 Å². The summed E-state index contributed by atoms with van der Waals surface area (Å²) in [7, 11) is 0. The molecule has 1 aliphatic carbocycles. The van der Waals surface area contributed by atoms with Crippen LogP contribution in [0.3, 0.4) is 0 Å². The summed E-state index contributed by atoms with van der Waals surface area (Å²) in [6.07, 6.45) is -0.154. The van der Waals surface area contributed by atoms with Crippen molar-refractivity contribution in [1.29, 1.82) is 0 Å². The van der Waals surface area contributed by atoms with Gasteiger partial charge in [-0.2, -0.15) is 5.06 Å². The number of Topliss-reactive ketones (excluding diaryl/α,β-unsaturated/α-hetero) is 1. The van der Waals surface area contributed by atoms with E-state index in [-0.39, 0.29) is 36.4 Å². The molecule has 36 heavy (non-hydrogen) atoms. The number of anilines is 1. The van der Waals surface area contributed by atoms with Crippen LogP contribution in [-0.4, -0.2) is 65.6 Å². The van der Waals surface area contributed by atoms with Gasteiger partial charge in [0.25, 0.3) is 0 Å². The summed E-state index contributed by atoms with van der Waals surface area (Å²) in [6.45, 7) is 7.77. The Hall–Kier alpha value is -3.43.